The van der Waals surface area contributed by atoms with Crippen LogP contribution in [0.5, 0.6) is 5.75 Å². The first-order chi connectivity index (χ1) is 15.0. The van der Waals surface area contributed by atoms with Gasteiger partial charge in [-0.1, -0.05) is 53.6 Å². The Morgan fingerprint density at radius 2 is 1.58 bits per heavy atom. The Kier molecular flexibility index (Phi) is 5.78. The lowest BCUT2D eigenvalue weighted by Gasteiger charge is -2.16. The Labute approximate surface area is 185 Å². The molecular formula is C25H21ClN2O3. The summed E-state index contributed by atoms with van der Waals surface area (Å²) in [6.07, 6.45) is 0. The normalized spacial score (nSPS) is 13.7. The smallest absolute Gasteiger partial charge is 0.282 e. The highest BCUT2D eigenvalue weighted by Gasteiger charge is 2.41. The van der Waals surface area contributed by atoms with Crippen molar-refractivity contribution in [2.45, 2.75) is 13.8 Å². The van der Waals surface area contributed by atoms with E-state index in [1.165, 1.54) is 0 Å². The van der Waals surface area contributed by atoms with Crippen LogP contribution in [0.1, 0.15) is 18.1 Å². The molecule has 2 amide bonds. The van der Waals surface area contributed by atoms with E-state index in [-0.39, 0.29) is 11.3 Å². The van der Waals surface area contributed by atoms with Crippen LogP contribution in [0.3, 0.4) is 0 Å². The van der Waals surface area contributed by atoms with E-state index in [0.29, 0.717) is 34.3 Å². The Hall–Kier alpha value is -3.57. The van der Waals surface area contributed by atoms with Gasteiger partial charge in [0.1, 0.15) is 11.4 Å². The number of ether oxygens (including phenoxy) is 1. The molecule has 1 N–H and O–H groups in total. The van der Waals surface area contributed by atoms with Crippen LogP contribution >= 0.6 is 11.6 Å². The second kappa shape index (κ2) is 8.66. The van der Waals surface area contributed by atoms with Gasteiger partial charge >= 0.3 is 0 Å². The number of amides is 2. The molecule has 156 valence electrons. The summed E-state index contributed by atoms with van der Waals surface area (Å²) >= 11 is 6.31. The van der Waals surface area contributed by atoms with E-state index >= 15 is 0 Å². The van der Waals surface area contributed by atoms with Gasteiger partial charge in [-0.05, 0) is 55.8 Å². The number of benzene rings is 3. The summed E-state index contributed by atoms with van der Waals surface area (Å²) in [5.41, 5.74) is 3.27. The zero-order chi connectivity index (χ0) is 22.0. The number of nitrogens with zero attached hydrogens (tertiary/aromatic N) is 1. The minimum atomic E-state index is -0.456. The number of carbonyl (C=O) groups excluding carboxylic acids is 2. The number of halogens is 1. The molecule has 0 unspecified atom stereocenters. The second-order valence-electron chi connectivity index (χ2n) is 7.10. The average Bonchev–Trinajstić information content (AvgIpc) is 3.00. The third-order valence-electron chi connectivity index (χ3n) is 4.95. The van der Waals surface area contributed by atoms with Gasteiger partial charge in [-0.15, -0.1) is 0 Å². The molecule has 4 rings (SSSR count). The number of hydrogen-bond donors (Lipinski definition) is 1. The van der Waals surface area contributed by atoms with E-state index in [1.807, 2.05) is 38.1 Å². The van der Waals surface area contributed by atoms with E-state index in [1.54, 1.807) is 48.5 Å². The van der Waals surface area contributed by atoms with Crippen LogP contribution in [-0.4, -0.2) is 18.4 Å². The summed E-state index contributed by atoms with van der Waals surface area (Å²) in [5.74, 6) is -0.195. The van der Waals surface area contributed by atoms with Crippen molar-refractivity contribution in [3.8, 4) is 5.75 Å². The predicted molar refractivity (Wildman–Crippen MR) is 123 cm³/mol. The second-order valence-corrected chi connectivity index (χ2v) is 7.50. The number of nitrogens with one attached hydrogen (secondary N) is 1. The summed E-state index contributed by atoms with van der Waals surface area (Å²) in [4.78, 5) is 28.0. The molecule has 6 heteroatoms. The molecule has 0 aromatic heterocycles. The van der Waals surface area contributed by atoms with Crippen molar-refractivity contribution in [2.24, 2.45) is 0 Å². The van der Waals surface area contributed by atoms with Crippen molar-refractivity contribution in [1.82, 2.24) is 0 Å². The number of anilines is 2. The summed E-state index contributed by atoms with van der Waals surface area (Å²) < 4.78 is 5.50. The number of aryl methyl sites for hydroxylation is 1. The molecule has 5 nitrogen and oxygen atoms in total. The molecule has 3 aromatic rings. The molecule has 3 aromatic carbocycles. The highest BCUT2D eigenvalue weighted by molar-refractivity contribution is 6.48. The third-order valence-corrected chi connectivity index (χ3v) is 5.27. The summed E-state index contributed by atoms with van der Waals surface area (Å²) in [7, 11) is 0. The number of para-hydroxylation sites is 1. The molecule has 0 saturated carbocycles. The van der Waals surface area contributed by atoms with Crippen LogP contribution in [0, 0.1) is 6.92 Å². The van der Waals surface area contributed by atoms with Crippen LogP contribution < -0.4 is 15.0 Å². The van der Waals surface area contributed by atoms with Gasteiger partial charge in [0.2, 0.25) is 0 Å². The summed E-state index contributed by atoms with van der Waals surface area (Å²) in [5, 5.41) is 3.47. The topological polar surface area (TPSA) is 58.6 Å². The molecule has 1 aliphatic heterocycles. The van der Waals surface area contributed by atoms with Crippen LogP contribution in [0.2, 0.25) is 5.02 Å². The lowest BCUT2D eigenvalue weighted by molar-refractivity contribution is -0.120. The van der Waals surface area contributed by atoms with Gasteiger partial charge in [0.25, 0.3) is 11.8 Å². The molecule has 0 fully saturated rings. The van der Waals surface area contributed by atoms with Crippen LogP contribution in [0.15, 0.2) is 78.5 Å². The van der Waals surface area contributed by atoms with Crippen molar-refractivity contribution in [3.05, 3.63) is 94.6 Å². The highest BCUT2D eigenvalue weighted by Crippen LogP contribution is 2.37. The van der Waals surface area contributed by atoms with Crippen molar-refractivity contribution in [2.75, 3.05) is 16.8 Å². The molecule has 1 heterocycles. The summed E-state index contributed by atoms with van der Waals surface area (Å²) in [6.45, 7) is 4.43. The van der Waals surface area contributed by atoms with Gasteiger partial charge in [0.05, 0.1) is 22.9 Å². The number of hydrogen-bond acceptors (Lipinski definition) is 4. The number of imide groups is 1. The Bertz CT molecular complexity index is 1170. The van der Waals surface area contributed by atoms with Crippen molar-refractivity contribution in [1.29, 1.82) is 0 Å². The maximum absolute atomic E-state index is 13.5. The molecule has 0 aliphatic carbocycles. The first-order valence-electron chi connectivity index (χ1n) is 9.94. The molecule has 1 aliphatic rings. The summed E-state index contributed by atoms with van der Waals surface area (Å²) in [6, 6.07) is 21.5. The minimum Gasteiger partial charge on any atom is -0.494 e. The maximum atomic E-state index is 13.5. The molecule has 0 spiro atoms. The van der Waals surface area contributed by atoms with E-state index in [0.717, 1.165) is 10.5 Å². The zero-order valence-electron chi connectivity index (χ0n) is 17.2. The predicted octanol–water partition coefficient (Wildman–Crippen LogP) is 5.44. The van der Waals surface area contributed by atoms with Crippen LogP contribution in [-0.2, 0) is 9.59 Å². The zero-order valence-corrected chi connectivity index (χ0v) is 17.9. The fourth-order valence-corrected chi connectivity index (χ4v) is 3.65. The lowest BCUT2D eigenvalue weighted by Crippen LogP contribution is -2.32. The first kappa shape index (κ1) is 20.7. The van der Waals surface area contributed by atoms with Gasteiger partial charge < -0.3 is 10.1 Å². The fraction of sp³-hybridized carbons (Fsp3) is 0.120. The van der Waals surface area contributed by atoms with E-state index < -0.39 is 11.8 Å². The van der Waals surface area contributed by atoms with Crippen molar-refractivity contribution < 1.29 is 14.3 Å². The average molecular weight is 433 g/mol. The molecule has 0 radical (unpaired) electrons. The number of rotatable bonds is 6. The van der Waals surface area contributed by atoms with Gasteiger partial charge in [0.15, 0.2) is 0 Å². The Morgan fingerprint density at radius 1 is 0.903 bits per heavy atom. The van der Waals surface area contributed by atoms with E-state index in [2.05, 4.69) is 5.32 Å². The number of carbonyl (C=O) groups is 2. The van der Waals surface area contributed by atoms with Gasteiger partial charge in [-0.3, -0.25) is 9.59 Å². The molecule has 0 saturated heterocycles. The van der Waals surface area contributed by atoms with E-state index in [4.69, 9.17) is 16.3 Å². The molecule has 31 heavy (non-hydrogen) atoms. The highest BCUT2D eigenvalue weighted by atomic mass is 35.5. The van der Waals surface area contributed by atoms with Crippen LogP contribution in [0.4, 0.5) is 11.4 Å². The molecule has 0 bridgehead atoms. The van der Waals surface area contributed by atoms with E-state index in [9.17, 15) is 9.59 Å². The van der Waals surface area contributed by atoms with Crippen LogP contribution in [0.25, 0.3) is 5.57 Å². The third kappa shape index (κ3) is 4.05. The lowest BCUT2D eigenvalue weighted by atomic mass is 10.0. The monoisotopic (exact) mass is 432 g/mol. The van der Waals surface area contributed by atoms with Gasteiger partial charge in [-0.2, -0.15) is 0 Å². The quantitative estimate of drug-likeness (QED) is 0.526. The van der Waals surface area contributed by atoms with Crippen molar-refractivity contribution >= 4 is 40.4 Å². The fourth-order valence-electron chi connectivity index (χ4n) is 3.43. The first-order valence-corrected chi connectivity index (χ1v) is 10.3. The Morgan fingerprint density at radius 3 is 2.23 bits per heavy atom. The van der Waals surface area contributed by atoms with Crippen molar-refractivity contribution in [3.63, 3.8) is 0 Å². The molecular weight excluding hydrogens is 412 g/mol. The Balaban J connectivity index is 1.80. The SMILES string of the molecule is CCOc1ccc(C2=C(Nc3ccc(C)cc3)C(=O)N(c3ccccc3Cl)C2=O)cc1. The minimum absolute atomic E-state index is 0.206. The molecule has 0 atom stereocenters. The standard InChI is InChI=1S/C25H21ClN2O3/c1-3-31-19-14-10-17(11-15-19)22-23(27-18-12-8-16(2)9-13-18)25(30)28(24(22)29)21-7-5-4-6-20(21)26/h4-15,27H,3H2,1-2H3. The van der Waals surface area contributed by atoms with Gasteiger partial charge in [0, 0.05) is 5.69 Å². The largest absolute Gasteiger partial charge is 0.494 e. The maximum Gasteiger partial charge on any atom is 0.282 e. The van der Waals surface area contributed by atoms with Gasteiger partial charge in [-0.25, -0.2) is 4.90 Å².